The van der Waals surface area contributed by atoms with E-state index in [0.29, 0.717) is 0 Å². The van der Waals surface area contributed by atoms with E-state index >= 15 is 0 Å². The molecule has 1 N–H and O–H groups in total. The van der Waals surface area contributed by atoms with Gasteiger partial charge in [-0.05, 0) is 25.7 Å². The molecule has 20 heavy (non-hydrogen) atoms. The molecular weight excluding hydrogens is 252 g/mol. The van der Waals surface area contributed by atoms with Crippen molar-refractivity contribution in [2.75, 3.05) is 0 Å². The molecule has 0 heterocycles. The molecule has 0 saturated heterocycles. The minimum atomic E-state index is -1.10. The van der Waals surface area contributed by atoms with Gasteiger partial charge in [0.2, 0.25) is 5.91 Å². The fourth-order valence-corrected chi connectivity index (χ4v) is 3.41. The predicted octanol–water partition coefficient (Wildman–Crippen LogP) is 2.72. The van der Waals surface area contributed by atoms with E-state index in [-0.39, 0.29) is 23.7 Å². The molecule has 1 atom stereocenters. The maximum atomic E-state index is 12.3. The summed E-state index contributed by atoms with van der Waals surface area (Å²) in [5, 5.41) is 12.1. The lowest BCUT2D eigenvalue weighted by molar-refractivity contribution is -0.134. The zero-order valence-corrected chi connectivity index (χ0v) is 12.1. The zero-order chi connectivity index (χ0) is 14.4. The van der Waals surface area contributed by atoms with Gasteiger partial charge in [0, 0.05) is 12.0 Å². The van der Waals surface area contributed by atoms with Gasteiger partial charge < -0.3 is 5.32 Å². The van der Waals surface area contributed by atoms with Crippen LogP contribution in [-0.2, 0) is 9.59 Å². The fraction of sp³-hybridized carbons (Fsp3) is 0.812. The van der Waals surface area contributed by atoms with Crippen LogP contribution in [0.2, 0.25) is 0 Å². The second-order valence-electron chi connectivity index (χ2n) is 6.14. The molecule has 0 aliphatic heterocycles. The van der Waals surface area contributed by atoms with Crippen LogP contribution in [-0.4, -0.2) is 17.7 Å². The van der Waals surface area contributed by atoms with Crippen molar-refractivity contribution in [3.05, 3.63) is 0 Å². The third kappa shape index (κ3) is 3.82. The first-order valence-electron chi connectivity index (χ1n) is 7.96. The topological polar surface area (TPSA) is 70.0 Å². The Balaban J connectivity index is 1.90. The Hall–Kier alpha value is -1.37. The molecule has 2 fully saturated rings. The third-order valence-electron chi connectivity index (χ3n) is 4.63. The van der Waals surface area contributed by atoms with E-state index in [4.69, 9.17) is 0 Å². The number of Topliss-reactive ketones (excluding diaryl/α,β-unsaturated/α-hetero) is 1. The summed E-state index contributed by atoms with van der Waals surface area (Å²) >= 11 is 0. The Morgan fingerprint density at radius 1 is 0.950 bits per heavy atom. The van der Waals surface area contributed by atoms with Gasteiger partial charge in [0.25, 0.3) is 0 Å². The highest BCUT2D eigenvalue weighted by atomic mass is 16.2. The molecule has 2 aliphatic carbocycles. The predicted molar refractivity (Wildman–Crippen MR) is 75.7 cm³/mol. The SMILES string of the molecule is N#C[C@@H](C(=O)NC1CCCCC1)C(=O)C1CCCCC1. The number of nitrogens with zero attached hydrogens (tertiary/aromatic N) is 1. The average molecular weight is 276 g/mol. The number of carbonyl (C=O) groups excluding carboxylic acids is 2. The lowest BCUT2D eigenvalue weighted by atomic mass is 9.81. The Kier molecular flexibility index (Phi) is 5.58. The van der Waals surface area contributed by atoms with E-state index < -0.39 is 5.92 Å². The number of carbonyl (C=O) groups is 2. The zero-order valence-electron chi connectivity index (χ0n) is 12.1. The summed E-state index contributed by atoms with van der Waals surface area (Å²) < 4.78 is 0. The van der Waals surface area contributed by atoms with Crippen molar-refractivity contribution in [3.8, 4) is 6.07 Å². The Labute approximate surface area is 120 Å². The normalized spacial score (nSPS) is 22.8. The molecule has 0 aromatic rings. The highest BCUT2D eigenvalue weighted by molar-refractivity contribution is 6.05. The summed E-state index contributed by atoms with van der Waals surface area (Å²) in [5.74, 6) is -1.69. The fourth-order valence-electron chi connectivity index (χ4n) is 3.41. The smallest absolute Gasteiger partial charge is 0.245 e. The number of amides is 1. The molecule has 0 aromatic heterocycles. The molecule has 2 aliphatic rings. The first-order valence-corrected chi connectivity index (χ1v) is 7.96. The van der Waals surface area contributed by atoms with Crippen LogP contribution >= 0.6 is 0 Å². The van der Waals surface area contributed by atoms with Crippen molar-refractivity contribution in [3.63, 3.8) is 0 Å². The number of nitriles is 1. The van der Waals surface area contributed by atoms with E-state index in [9.17, 15) is 14.9 Å². The molecule has 0 spiro atoms. The summed E-state index contributed by atoms with van der Waals surface area (Å²) in [6.07, 6.45) is 10.3. The number of nitrogens with one attached hydrogen (secondary N) is 1. The van der Waals surface area contributed by atoms with Crippen molar-refractivity contribution >= 4 is 11.7 Å². The lowest BCUT2D eigenvalue weighted by Crippen LogP contribution is -2.43. The van der Waals surface area contributed by atoms with Gasteiger partial charge in [-0.2, -0.15) is 5.26 Å². The quantitative estimate of drug-likeness (QED) is 0.803. The monoisotopic (exact) mass is 276 g/mol. The number of hydrogen-bond donors (Lipinski definition) is 1. The Morgan fingerprint density at radius 3 is 2.05 bits per heavy atom. The molecule has 0 bridgehead atoms. The highest BCUT2D eigenvalue weighted by Gasteiger charge is 2.34. The van der Waals surface area contributed by atoms with E-state index in [2.05, 4.69) is 5.32 Å². The van der Waals surface area contributed by atoms with Crippen LogP contribution in [0.3, 0.4) is 0 Å². The minimum absolute atomic E-state index is 0.0782. The third-order valence-corrected chi connectivity index (χ3v) is 4.63. The molecule has 110 valence electrons. The van der Waals surface area contributed by atoms with Crippen molar-refractivity contribution in [1.29, 1.82) is 5.26 Å². The molecule has 4 nitrogen and oxygen atoms in total. The van der Waals surface area contributed by atoms with Crippen molar-refractivity contribution in [2.24, 2.45) is 11.8 Å². The molecule has 1 amide bonds. The summed E-state index contributed by atoms with van der Waals surface area (Å²) in [6, 6.07) is 2.09. The van der Waals surface area contributed by atoms with Crippen LogP contribution < -0.4 is 5.32 Å². The van der Waals surface area contributed by atoms with E-state index in [1.165, 1.54) is 6.42 Å². The molecule has 2 saturated carbocycles. The van der Waals surface area contributed by atoms with E-state index in [1.54, 1.807) is 0 Å². The van der Waals surface area contributed by atoms with Gasteiger partial charge in [0.1, 0.15) is 0 Å². The maximum absolute atomic E-state index is 12.3. The van der Waals surface area contributed by atoms with Gasteiger partial charge in [-0.1, -0.05) is 38.5 Å². The number of rotatable bonds is 4. The second-order valence-corrected chi connectivity index (χ2v) is 6.14. The Morgan fingerprint density at radius 2 is 1.50 bits per heavy atom. The molecule has 0 radical (unpaired) electrons. The molecule has 0 unspecified atom stereocenters. The summed E-state index contributed by atoms with van der Waals surface area (Å²) in [5.41, 5.74) is 0. The van der Waals surface area contributed by atoms with Crippen LogP contribution in [0.5, 0.6) is 0 Å². The number of hydrogen-bond acceptors (Lipinski definition) is 3. The van der Waals surface area contributed by atoms with E-state index in [0.717, 1.165) is 57.8 Å². The van der Waals surface area contributed by atoms with Gasteiger partial charge in [-0.3, -0.25) is 9.59 Å². The van der Waals surface area contributed by atoms with E-state index in [1.807, 2.05) is 6.07 Å². The van der Waals surface area contributed by atoms with Gasteiger partial charge in [0.15, 0.2) is 11.7 Å². The van der Waals surface area contributed by atoms with Gasteiger partial charge in [0.05, 0.1) is 6.07 Å². The van der Waals surface area contributed by atoms with Crippen molar-refractivity contribution in [1.82, 2.24) is 5.32 Å². The van der Waals surface area contributed by atoms with Crippen molar-refractivity contribution in [2.45, 2.75) is 70.3 Å². The standard InChI is InChI=1S/C16H24N2O2/c17-11-14(15(19)12-7-3-1-4-8-12)16(20)18-13-9-5-2-6-10-13/h12-14H,1-10H2,(H,18,20)/t14-/m1/s1. The van der Waals surface area contributed by atoms with Gasteiger partial charge in [-0.25, -0.2) is 0 Å². The van der Waals surface area contributed by atoms with Crippen LogP contribution in [0.1, 0.15) is 64.2 Å². The number of ketones is 1. The van der Waals surface area contributed by atoms with Gasteiger partial charge >= 0.3 is 0 Å². The molecular formula is C16H24N2O2. The van der Waals surface area contributed by atoms with Crippen LogP contribution in [0.15, 0.2) is 0 Å². The van der Waals surface area contributed by atoms with Crippen LogP contribution in [0.4, 0.5) is 0 Å². The molecule has 4 heteroatoms. The van der Waals surface area contributed by atoms with Crippen LogP contribution in [0, 0.1) is 23.2 Å². The molecule has 0 aromatic carbocycles. The molecule has 2 rings (SSSR count). The first-order chi connectivity index (χ1) is 9.72. The maximum Gasteiger partial charge on any atom is 0.245 e. The summed E-state index contributed by atoms with van der Waals surface area (Å²) in [6.45, 7) is 0. The average Bonchev–Trinajstić information content (AvgIpc) is 2.49. The first kappa shape index (κ1) is 15.0. The lowest BCUT2D eigenvalue weighted by Gasteiger charge is -2.25. The minimum Gasteiger partial charge on any atom is -0.352 e. The van der Waals surface area contributed by atoms with Crippen molar-refractivity contribution < 1.29 is 9.59 Å². The highest BCUT2D eigenvalue weighted by Crippen LogP contribution is 2.27. The van der Waals surface area contributed by atoms with Crippen LogP contribution in [0.25, 0.3) is 0 Å². The Bertz CT molecular complexity index is 388. The summed E-state index contributed by atoms with van der Waals surface area (Å²) in [7, 11) is 0. The summed E-state index contributed by atoms with van der Waals surface area (Å²) in [4.78, 5) is 24.5. The second kappa shape index (κ2) is 7.42. The van der Waals surface area contributed by atoms with Gasteiger partial charge in [-0.15, -0.1) is 0 Å². The largest absolute Gasteiger partial charge is 0.352 e.